The molecule has 0 saturated heterocycles. The summed E-state index contributed by atoms with van der Waals surface area (Å²) in [5.74, 6) is 0. The molecular formula is C8H16Cl2N2Pt. The van der Waals surface area contributed by atoms with Crippen LogP contribution in [0, 0.1) is 0 Å². The molecule has 1 aliphatic rings. The van der Waals surface area contributed by atoms with E-state index >= 15 is 0 Å². The van der Waals surface area contributed by atoms with Gasteiger partial charge in [0.1, 0.15) is 0 Å². The van der Waals surface area contributed by atoms with Crippen molar-refractivity contribution in [3.05, 3.63) is 12.4 Å². The maximum atomic E-state index is 4.88. The van der Waals surface area contributed by atoms with E-state index in [1.807, 2.05) is 0 Å². The number of hydrogen-bond acceptors (Lipinski definition) is 2. The Kier molecular flexibility index (Phi) is 9.60. The van der Waals surface area contributed by atoms with Crippen LogP contribution in [0.5, 0.6) is 0 Å². The van der Waals surface area contributed by atoms with Gasteiger partial charge in [0.25, 0.3) is 0 Å². The topological polar surface area (TPSA) is 6.48 Å². The zero-order valence-electron chi connectivity index (χ0n) is 7.95. The van der Waals surface area contributed by atoms with Crippen LogP contribution >= 0.6 is 18.8 Å². The molecule has 82 valence electrons. The van der Waals surface area contributed by atoms with Crippen molar-refractivity contribution in [2.45, 2.75) is 19.8 Å². The molecule has 1 heterocycles. The van der Waals surface area contributed by atoms with Crippen molar-refractivity contribution in [1.82, 2.24) is 9.80 Å². The Labute approximate surface area is 97.3 Å². The molecule has 1 rings (SSSR count). The molecule has 5 heteroatoms. The molecule has 0 spiro atoms. The minimum atomic E-state index is -0.472. The standard InChI is InChI=1S/C8H16N2.2ClH.Pt/c1-3-4-5-10-7-6-9(2)8-10;;;/h6-7H,3-5,8H2,1-2H3;2*1H;/q;;;+2/p-2. The Morgan fingerprint density at radius 1 is 1.38 bits per heavy atom. The van der Waals surface area contributed by atoms with E-state index in [0.717, 1.165) is 6.67 Å². The van der Waals surface area contributed by atoms with Crippen LogP contribution < -0.4 is 0 Å². The third-order valence-electron chi connectivity index (χ3n) is 1.74. The van der Waals surface area contributed by atoms with Crippen molar-refractivity contribution in [2.24, 2.45) is 0 Å². The van der Waals surface area contributed by atoms with Gasteiger partial charge in [-0.15, -0.1) is 0 Å². The molecule has 1 aliphatic heterocycles. The molecule has 0 radical (unpaired) electrons. The fraction of sp³-hybridized carbons (Fsp3) is 0.750. The zero-order chi connectivity index (χ0) is 10.1. The van der Waals surface area contributed by atoms with Crippen LogP contribution in [0.3, 0.4) is 0 Å². The second kappa shape index (κ2) is 9.17. The maximum absolute atomic E-state index is 4.88. The molecule has 13 heavy (non-hydrogen) atoms. The van der Waals surface area contributed by atoms with Crippen molar-refractivity contribution >= 4 is 18.8 Å². The van der Waals surface area contributed by atoms with Gasteiger partial charge >= 0.3 is 35.3 Å². The van der Waals surface area contributed by atoms with Crippen molar-refractivity contribution < 1.29 is 16.5 Å². The quantitative estimate of drug-likeness (QED) is 0.712. The van der Waals surface area contributed by atoms with Crippen LogP contribution in [0.4, 0.5) is 0 Å². The molecule has 0 aromatic rings. The number of rotatable bonds is 3. The predicted molar refractivity (Wildman–Crippen MR) is 55.1 cm³/mol. The van der Waals surface area contributed by atoms with Crippen LogP contribution in [-0.4, -0.2) is 30.1 Å². The van der Waals surface area contributed by atoms with Crippen LogP contribution in [0.15, 0.2) is 12.4 Å². The predicted octanol–water partition coefficient (Wildman–Crippen LogP) is 2.84. The van der Waals surface area contributed by atoms with Crippen molar-refractivity contribution in [2.75, 3.05) is 20.3 Å². The molecular weight excluding hydrogens is 390 g/mol. The first-order valence-electron chi connectivity index (χ1n) is 4.19. The summed E-state index contributed by atoms with van der Waals surface area (Å²) in [4.78, 5) is 4.53. The monoisotopic (exact) mass is 405 g/mol. The van der Waals surface area contributed by atoms with Crippen molar-refractivity contribution in [3.63, 3.8) is 0 Å². The van der Waals surface area contributed by atoms with Gasteiger partial charge in [0.2, 0.25) is 0 Å². The Hall–Kier alpha value is 0.608. The molecule has 0 aromatic heterocycles. The Bertz CT molecular complexity index is 144. The SMILES string of the molecule is CCCCN1C=CN(C)C1.[Cl][Pt][Cl]. The first-order chi connectivity index (χ1) is 6.24. The van der Waals surface area contributed by atoms with Crippen LogP contribution in [0.2, 0.25) is 0 Å². The molecule has 0 bridgehead atoms. The molecule has 0 fully saturated rings. The average molecular weight is 406 g/mol. The van der Waals surface area contributed by atoms with E-state index in [1.165, 1.54) is 19.4 Å². The Balaban J connectivity index is 0.000000424. The molecule has 0 aliphatic carbocycles. The summed E-state index contributed by atoms with van der Waals surface area (Å²) in [5.41, 5.74) is 0. The van der Waals surface area contributed by atoms with Gasteiger partial charge in [0.15, 0.2) is 0 Å². The van der Waals surface area contributed by atoms with Gasteiger partial charge < -0.3 is 9.80 Å². The van der Waals surface area contributed by atoms with Gasteiger partial charge in [-0.05, 0) is 6.42 Å². The van der Waals surface area contributed by atoms with Crippen LogP contribution in [0.1, 0.15) is 19.8 Å². The van der Waals surface area contributed by atoms with Crippen molar-refractivity contribution in [1.29, 1.82) is 0 Å². The van der Waals surface area contributed by atoms with Gasteiger partial charge in [-0.1, -0.05) is 13.3 Å². The molecule has 0 aromatic carbocycles. The summed E-state index contributed by atoms with van der Waals surface area (Å²) in [5, 5.41) is 0. The van der Waals surface area contributed by atoms with Gasteiger partial charge in [-0.3, -0.25) is 0 Å². The van der Waals surface area contributed by atoms with E-state index in [-0.39, 0.29) is 0 Å². The average Bonchev–Trinajstić information content (AvgIpc) is 2.49. The van der Waals surface area contributed by atoms with Crippen LogP contribution in [0.25, 0.3) is 0 Å². The van der Waals surface area contributed by atoms with E-state index in [2.05, 4.69) is 36.2 Å². The van der Waals surface area contributed by atoms with Gasteiger partial charge in [0, 0.05) is 26.0 Å². The molecule has 0 saturated carbocycles. The fourth-order valence-corrected chi connectivity index (χ4v) is 1.10. The van der Waals surface area contributed by atoms with Crippen molar-refractivity contribution in [3.8, 4) is 0 Å². The Morgan fingerprint density at radius 3 is 2.38 bits per heavy atom. The summed E-state index contributed by atoms with van der Waals surface area (Å²) < 4.78 is 0. The zero-order valence-corrected chi connectivity index (χ0v) is 11.7. The van der Waals surface area contributed by atoms with E-state index in [4.69, 9.17) is 18.8 Å². The second-order valence-electron chi connectivity index (χ2n) is 2.91. The molecule has 0 amide bonds. The van der Waals surface area contributed by atoms with Gasteiger partial charge in [0.05, 0.1) is 6.67 Å². The minimum absolute atomic E-state index is 0.472. The first kappa shape index (κ1) is 13.6. The molecule has 0 unspecified atom stereocenters. The summed E-state index contributed by atoms with van der Waals surface area (Å²) >= 11 is -0.472. The van der Waals surface area contributed by atoms with E-state index < -0.39 is 16.5 Å². The molecule has 0 N–H and O–H groups in total. The number of nitrogens with zero attached hydrogens (tertiary/aromatic N) is 2. The second-order valence-corrected chi connectivity index (χ2v) is 6.19. The summed E-state index contributed by atoms with van der Waals surface area (Å²) in [6.07, 6.45) is 6.87. The van der Waals surface area contributed by atoms with E-state index in [0.29, 0.717) is 0 Å². The third kappa shape index (κ3) is 7.66. The summed E-state index contributed by atoms with van der Waals surface area (Å²) in [7, 11) is 11.8. The van der Waals surface area contributed by atoms with Gasteiger partial charge in [-0.25, -0.2) is 0 Å². The Morgan fingerprint density at radius 2 is 2.00 bits per heavy atom. The van der Waals surface area contributed by atoms with Crippen LogP contribution in [-0.2, 0) is 16.5 Å². The van der Waals surface area contributed by atoms with Gasteiger partial charge in [-0.2, -0.15) is 0 Å². The fourth-order valence-electron chi connectivity index (χ4n) is 1.10. The van der Waals surface area contributed by atoms with E-state index in [9.17, 15) is 0 Å². The number of unbranched alkanes of at least 4 members (excludes halogenated alkanes) is 1. The van der Waals surface area contributed by atoms with E-state index in [1.54, 1.807) is 0 Å². The molecule has 2 nitrogen and oxygen atoms in total. The summed E-state index contributed by atoms with van der Waals surface area (Å²) in [6.45, 7) is 4.50. The summed E-state index contributed by atoms with van der Waals surface area (Å²) in [6, 6.07) is 0. The third-order valence-corrected chi connectivity index (χ3v) is 1.74. The normalized spacial score (nSPS) is 14.8. The first-order valence-corrected chi connectivity index (χ1v) is 9.82. The number of halogens is 2. The number of hydrogen-bond donors (Lipinski definition) is 0. The molecule has 0 atom stereocenters.